The monoisotopic (exact) mass is 424 g/mol. The van der Waals surface area contributed by atoms with Gasteiger partial charge in [-0.25, -0.2) is 4.79 Å². The summed E-state index contributed by atoms with van der Waals surface area (Å²) in [5, 5.41) is 28.6. The van der Waals surface area contributed by atoms with Crippen molar-refractivity contribution < 1.29 is 29.5 Å². The highest BCUT2D eigenvalue weighted by Gasteiger charge is 2.42. The molecule has 9 nitrogen and oxygen atoms in total. The van der Waals surface area contributed by atoms with Crippen LogP contribution in [-0.4, -0.2) is 49.7 Å². The minimum absolute atomic E-state index is 0.101. The molecule has 2 atom stereocenters. The Morgan fingerprint density at radius 1 is 1.10 bits per heavy atom. The van der Waals surface area contributed by atoms with E-state index in [0.29, 0.717) is 18.4 Å². The Bertz CT molecular complexity index is 771. The van der Waals surface area contributed by atoms with Gasteiger partial charge in [0.25, 0.3) is 5.69 Å². The van der Waals surface area contributed by atoms with Gasteiger partial charge >= 0.3 is 11.9 Å². The molecule has 0 radical (unpaired) electrons. The second kappa shape index (κ2) is 10.8. The number of non-ortho nitro benzene ring substituents is 1. The standard InChI is InChI=1S/C19H24N2O7S/c22-16(9-4-2-1-3-5-10-17(23)24)20-15(19(25)26)12-29-18(20)13-7-6-8-14(11-13)21(27)28/h6-8,11,15,18H,1-5,9-10,12H2,(H,23,24)(H,25,26)/t15-,18?/m0/s1. The Balaban J connectivity index is 1.98. The van der Waals surface area contributed by atoms with Crippen LogP contribution >= 0.6 is 11.8 Å². The van der Waals surface area contributed by atoms with Crippen molar-refractivity contribution in [2.24, 2.45) is 0 Å². The molecule has 1 aromatic rings. The van der Waals surface area contributed by atoms with Crippen molar-refractivity contribution in [2.45, 2.75) is 56.4 Å². The number of nitrogens with zero attached hydrogens (tertiary/aromatic N) is 2. The van der Waals surface area contributed by atoms with Crippen molar-refractivity contribution in [2.75, 3.05) is 5.75 Å². The number of hydrogen-bond donors (Lipinski definition) is 2. The molecule has 1 aliphatic rings. The van der Waals surface area contributed by atoms with Gasteiger partial charge in [0.1, 0.15) is 11.4 Å². The summed E-state index contributed by atoms with van der Waals surface area (Å²) >= 11 is 1.29. The van der Waals surface area contributed by atoms with Crippen molar-refractivity contribution in [3.05, 3.63) is 39.9 Å². The Morgan fingerprint density at radius 2 is 1.76 bits per heavy atom. The van der Waals surface area contributed by atoms with E-state index in [-0.39, 0.29) is 30.2 Å². The van der Waals surface area contributed by atoms with Crippen LogP contribution in [0.2, 0.25) is 0 Å². The van der Waals surface area contributed by atoms with Crippen LogP contribution in [0.25, 0.3) is 0 Å². The largest absolute Gasteiger partial charge is 0.481 e. The molecule has 0 aliphatic carbocycles. The Kier molecular flexibility index (Phi) is 8.44. The number of carbonyl (C=O) groups excluding carboxylic acids is 1. The maximum Gasteiger partial charge on any atom is 0.327 e. The lowest BCUT2D eigenvalue weighted by molar-refractivity contribution is -0.384. The van der Waals surface area contributed by atoms with Crippen LogP contribution in [0.4, 0.5) is 5.69 Å². The van der Waals surface area contributed by atoms with Gasteiger partial charge in [-0.05, 0) is 18.4 Å². The molecule has 0 aromatic heterocycles. The molecule has 2 rings (SSSR count). The summed E-state index contributed by atoms with van der Waals surface area (Å²) in [6, 6.07) is 4.96. The van der Waals surface area contributed by atoms with Crippen molar-refractivity contribution in [3.8, 4) is 0 Å². The van der Waals surface area contributed by atoms with Crippen LogP contribution in [-0.2, 0) is 14.4 Å². The van der Waals surface area contributed by atoms with Gasteiger partial charge in [0.15, 0.2) is 0 Å². The number of benzene rings is 1. The number of rotatable bonds is 11. The van der Waals surface area contributed by atoms with Gasteiger partial charge in [-0.2, -0.15) is 0 Å². The van der Waals surface area contributed by atoms with E-state index in [1.54, 1.807) is 6.07 Å². The Labute approximate surface area is 172 Å². The number of aliphatic carboxylic acids is 2. The molecule has 2 N–H and O–H groups in total. The van der Waals surface area contributed by atoms with Crippen molar-refractivity contribution in [1.29, 1.82) is 0 Å². The van der Waals surface area contributed by atoms with Gasteiger partial charge < -0.3 is 15.1 Å². The molecule has 1 aromatic carbocycles. The highest BCUT2D eigenvalue weighted by atomic mass is 32.2. The summed E-state index contributed by atoms with van der Waals surface area (Å²) in [4.78, 5) is 46.7. The smallest absolute Gasteiger partial charge is 0.327 e. The Morgan fingerprint density at radius 3 is 2.38 bits per heavy atom. The van der Waals surface area contributed by atoms with Gasteiger partial charge in [0, 0.05) is 30.7 Å². The van der Waals surface area contributed by atoms with Crippen LogP contribution in [0, 0.1) is 10.1 Å². The molecule has 0 saturated carbocycles. The van der Waals surface area contributed by atoms with Crippen LogP contribution in [0.1, 0.15) is 55.9 Å². The maximum absolute atomic E-state index is 12.8. The molecule has 29 heavy (non-hydrogen) atoms. The Hall–Kier alpha value is -2.62. The third kappa shape index (κ3) is 6.45. The van der Waals surface area contributed by atoms with Gasteiger partial charge in [0.05, 0.1) is 4.92 Å². The average molecular weight is 424 g/mol. The van der Waals surface area contributed by atoms with E-state index >= 15 is 0 Å². The first-order valence-corrected chi connectivity index (χ1v) is 10.5. The molecule has 1 fully saturated rings. The molecule has 1 aliphatic heterocycles. The minimum Gasteiger partial charge on any atom is -0.481 e. The number of hydrogen-bond acceptors (Lipinski definition) is 6. The highest BCUT2D eigenvalue weighted by Crippen LogP contribution is 2.42. The highest BCUT2D eigenvalue weighted by molar-refractivity contribution is 7.99. The quantitative estimate of drug-likeness (QED) is 0.313. The van der Waals surface area contributed by atoms with Crippen LogP contribution in [0.3, 0.4) is 0 Å². The summed E-state index contributed by atoms with van der Waals surface area (Å²) in [7, 11) is 0. The van der Waals surface area contributed by atoms with E-state index in [4.69, 9.17) is 5.11 Å². The molecule has 1 saturated heterocycles. The molecular weight excluding hydrogens is 400 g/mol. The fraction of sp³-hybridized carbons (Fsp3) is 0.526. The summed E-state index contributed by atoms with van der Waals surface area (Å²) in [5.41, 5.74) is 0.436. The lowest BCUT2D eigenvalue weighted by Gasteiger charge is -2.27. The molecule has 1 unspecified atom stereocenters. The van der Waals surface area contributed by atoms with Crippen LogP contribution < -0.4 is 0 Å². The van der Waals surface area contributed by atoms with Gasteiger partial charge in [-0.15, -0.1) is 11.8 Å². The predicted molar refractivity (Wildman–Crippen MR) is 107 cm³/mol. The molecule has 10 heteroatoms. The first-order valence-electron chi connectivity index (χ1n) is 9.43. The number of unbranched alkanes of at least 4 members (excludes halogenated alkanes) is 4. The van der Waals surface area contributed by atoms with E-state index in [0.717, 1.165) is 19.3 Å². The molecule has 0 bridgehead atoms. The summed E-state index contributed by atoms with van der Waals surface area (Å²) in [5.74, 6) is -1.97. The zero-order chi connectivity index (χ0) is 21.4. The van der Waals surface area contributed by atoms with Crippen LogP contribution in [0.15, 0.2) is 24.3 Å². The third-order valence-corrected chi connectivity index (χ3v) is 6.04. The maximum atomic E-state index is 12.8. The topological polar surface area (TPSA) is 138 Å². The van der Waals surface area contributed by atoms with Crippen molar-refractivity contribution in [3.63, 3.8) is 0 Å². The van der Waals surface area contributed by atoms with E-state index in [1.165, 1.54) is 34.9 Å². The van der Waals surface area contributed by atoms with Crippen molar-refractivity contribution >= 4 is 35.3 Å². The summed E-state index contributed by atoms with van der Waals surface area (Å²) in [6.07, 6.45) is 3.85. The molecular formula is C19H24N2O7S. The first kappa shape index (κ1) is 22.7. The van der Waals surface area contributed by atoms with E-state index in [2.05, 4.69) is 0 Å². The lowest BCUT2D eigenvalue weighted by Crippen LogP contribution is -2.42. The summed E-state index contributed by atoms with van der Waals surface area (Å²) < 4.78 is 0. The van der Waals surface area contributed by atoms with Gasteiger partial charge in [-0.3, -0.25) is 19.7 Å². The lowest BCUT2D eigenvalue weighted by atomic mass is 10.1. The SMILES string of the molecule is O=C(O)CCCCCCCC(=O)N1C(c2cccc([N+](=O)[O-])c2)SC[C@H]1C(=O)O. The number of nitro groups is 1. The number of nitro benzene ring substituents is 1. The minimum atomic E-state index is -1.09. The van der Waals surface area contributed by atoms with Gasteiger partial charge in [-0.1, -0.05) is 31.4 Å². The fourth-order valence-corrected chi connectivity index (χ4v) is 4.69. The number of carboxylic acids is 2. The number of carboxylic acid groups (broad SMARTS) is 2. The zero-order valence-corrected chi connectivity index (χ0v) is 16.7. The molecule has 0 spiro atoms. The van der Waals surface area contributed by atoms with E-state index < -0.39 is 28.3 Å². The second-order valence-electron chi connectivity index (χ2n) is 6.85. The number of thioether (sulfide) groups is 1. The van der Waals surface area contributed by atoms with E-state index in [1.807, 2.05) is 0 Å². The first-order chi connectivity index (χ1) is 13.8. The van der Waals surface area contributed by atoms with Crippen LogP contribution in [0.5, 0.6) is 0 Å². The number of carbonyl (C=O) groups is 3. The summed E-state index contributed by atoms with van der Waals surface area (Å²) in [6.45, 7) is 0. The van der Waals surface area contributed by atoms with E-state index in [9.17, 15) is 29.6 Å². The van der Waals surface area contributed by atoms with Gasteiger partial charge in [0.2, 0.25) is 5.91 Å². The molecule has 158 valence electrons. The fourth-order valence-electron chi connectivity index (χ4n) is 3.26. The third-order valence-electron chi connectivity index (χ3n) is 4.72. The molecule has 1 amide bonds. The average Bonchev–Trinajstić information content (AvgIpc) is 3.12. The van der Waals surface area contributed by atoms with Crippen molar-refractivity contribution in [1.82, 2.24) is 4.90 Å². The zero-order valence-electron chi connectivity index (χ0n) is 15.9. The molecule has 1 heterocycles. The predicted octanol–water partition coefficient (Wildman–Crippen LogP) is 3.44. The normalized spacial score (nSPS) is 18.6. The second-order valence-corrected chi connectivity index (χ2v) is 7.97. The number of amides is 1.